The molecule has 1 unspecified atom stereocenters. The number of nitrogens with zero attached hydrogens (tertiary/aromatic N) is 2. The van der Waals surface area contributed by atoms with E-state index in [0.29, 0.717) is 17.9 Å². The van der Waals surface area contributed by atoms with E-state index in [1.54, 1.807) is 13.1 Å². The van der Waals surface area contributed by atoms with Crippen LogP contribution in [0.5, 0.6) is 0 Å². The molecule has 1 heterocycles. The van der Waals surface area contributed by atoms with Crippen molar-refractivity contribution in [2.75, 3.05) is 23.8 Å². The molecule has 0 saturated carbocycles. The summed E-state index contributed by atoms with van der Waals surface area (Å²) in [5.41, 5.74) is 1.05. The van der Waals surface area contributed by atoms with Gasteiger partial charge < -0.3 is 10.2 Å². The molecule has 1 atom stereocenters. The van der Waals surface area contributed by atoms with Crippen LogP contribution in [0.4, 0.5) is 17.1 Å². The zero-order chi connectivity index (χ0) is 15.6. The smallest absolute Gasteiger partial charge is 0.271 e. The van der Waals surface area contributed by atoms with E-state index >= 15 is 0 Å². The second-order valence-electron chi connectivity index (χ2n) is 4.65. The van der Waals surface area contributed by atoms with Crippen molar-refractivity contribution in [2.45, 2.75) is 18.6 Å². The Morgan fingerprint density at radius 1 is 1.52 bits per heavy atom. The highest BCUT2D eigenvalue weighted by Gasteiger charge is 2.33. The van der Waals surface area contributed by atoms with Gasteiger partial charge in [0.15, 0.2) is 5.12 Å². The molecule has 1 aliphatic heterocycles. The summed E-state index contributed by atoms with van der Waals surface area (Å²) in [5, 5.41) is 13.7. The zero-order valence-corrected chi connectivity index (χ0v) is 12.5. The standard InChI is InChI=1S/C13H15N3O4S/c1-8(17)21-10-6-13(18)15(7-10)12-5-9(16(19)20)3-4-11(12)14-2/h3-5,10,14H,6-7H2,1-2H3. The Kier molecular flexibility index (Phi) is 4.46. The van der Waals surface area contributed by atoms with Gasteiger partial charge in [0.2, 0.25) is 5.91 Å². The number of amides is 1. The minimum Gasteiger partial charge on any atom is -0.386 e. The fourth-order valence-electron chi connectivity index (χ4n) is 2.29. The molecule has 0 aliphatic carbocycles. The molecule has 1 N–H and O–H groups in total. The lowest BCUT2D eigenvalue weighted by Crippen LogP contribution is -2.26. The molecule has 1 saturated heterocycles. The minimum atomic E-state index is -0.495. The average molecular weight is 309 g/mol. The van der Waals surface area contributed by atoms with E-state index in [4.69, 9.17) is 0 Å². The number of rotatable bonds is 4. The average Bonchev–Trinajstić information content (AvgIpc) is 2.77. The van der Waals surface area contributed by atoms with Crippen LogP contribution in [-0.4, -0.2) is 34.8 Å². The van der Waals surface area contributed by atoms with E-state index in [2.05, 4.69) is 5.32 Å². The first-order valence-corrected chi connectivity index (χ1v) is 7.24. The molecule has 0 spiro atoms. The van der Waals surface area contributed by atoms with Gasteiger partial charge in [0, 0.05) is 44.3 Å². The number of carbonyl (C=O) groups is 2. The Morgan fingerprint density at radius 3 is 2.81 bits per heavy atom. The van der Waals surface area contributed by atoms with Crippen LogP contribution in [0.1, 0.15) is 13.3 Å². The van der Waals surface area contributed by atoms with Gasteiger partial charge in [-0.2, -0.15) is 0 Å². The van der Waals surface area contributed by atoms with Crippen molar-refractivity contribution in [1.29, 1.82) is 0 Å². The fraction of sp³-hybridized carbons (Fsp3) is 0.385. The molecule has 7 nitrogen and oxygen atoms in total. The van der Waals surface area contributed by atoms with Crippen LogP contribution in [0.3, 0.4) is 0 Å². The molecule has 0 bridgehead atoms. The quantitative estimate of drug-likeness (QED) is 0.675. The van der Waals surface area contributed by atoms with Gasteiger partial charge in [-0.25, -0.2) is 0 Å². The van der Waals surface area contributed by atoms with Crippen molar-refractivity contribution in [3.8, 4) is 0 Å². The third-order valence-electron chi connectivity index (χ3n) is 3.17. The number of nitro benzene ring substituents is 1. The minimum absolute atomic E-state index is 0.0393. The predicted octanol–water partition coefficient (Wildman–Crippen LogP) is 2.02. The molecular formula is C13H15N3O4S. The second-order valence-corrected chi connectivity index (χ2v) is 6.13. The Bertz CT molecular complexity index is 605. The van der Waals surface area contributed by atoms with Gasteiger partial charge in [-0.05, 0) is 6.07 Å². The van der Waals surface area contributed by atoms with E-state index in [0.717, 1.165) is 11.8 Å². The number of hydrogen-bond acceptors (Lipinski definition) is 6. The molecule has 0 aromatic heterocycles. The van der Waals surface area contributed by atoms with Gasteiger partial charge in [-0.3, -0.25) is 19.7 Å². The van der Waals surface area contributed by atoms with Crippen LogP contribution >= 0.6 is 11.8 Å². The largest absolute Gasteiger partial charge is 0.386 e. The number of nitrogens with one attached hydrogen (secondary N) is 1. The highest BCUT2D eigenvalue weighted by atomic mass is 32.2. The van der Waals surface area contributed by atoms with Gasteiger partial charge in [-0.1, -0.05) is 11.8 Å². The highest BCUT2D eigenvalue weighted by molar-refractivity contribution is 8.14. The second kappa shape index (κ2) is 6.13. The lowest BCUT2D eigenvalue weighted by molar-refractivity contribution is -0.384. The summed E-state index contributed by atoms with van der Waals surface area (Å²) in [6, 6.07) is 4.34. The maximum Gasteiger partial charge on any atom is 0.271 e. The summed E-state index contributed by atoms with van der Waals surface area (Å²) < 4.78 is 0. The molecule has 1 aromatic carbocycles. The Hall–Kier alpha value is -2.09. The van der Waals surface area contributed by atoms with Gasteiger partial charge in [0.1, 0.15) is 0 Å². The van der Waals surface area contributed by atoms with E-state index in [1.165, 1.54) is 24.0 Å². The number of hydrogen-bond donors (Lipinski definition) is 1. The number of non-ortho nitro benzene ring substituents is 1. The lowest BCUT2D eigenvalue weighted by Gasteiger charge is -2.19. The van der Waals surface area contributed by atoms with E-state index in [-0.39, 0.29) is 28.4 Å². The molecular weight excluding hydrogens is 294 g/mol. The van der Waals surface area contributed by atoms with Crippen LogP contribution in [0.15, 0.2) is 18.2 Å². The van der Waals surface area contributed by atoms with Crippen molar-refractivity contribution in [3.05, 3.63) is 28.3 Å². The summed E-state index contributed by atoms with van der Waals surface area (Å²) >= 11 is 1.13. The predicted molar refractivity (Wildman–Crippen MR) is 81.7 cm³/mol. The monoisotopic (exact) mass is 309 g/mol. The Morgan fingerprint density at radius 2 is 2.24 bits per heavy atom. The Balaban J connectivity index is 2.32. The number of thioether (sulfide) groups is 1. The van der Waals surface area contributed by atoms with E-state index in [1.807, 2.05) is 0 Å². The highest BCUT2D eigenvalue weighted by Crippen LogP contribution is 2.35. The summed E-state index contributed by atoms with van der Waals surface area (Å²) in [6.45, 7) is 1.84. The maximum atomic E-state index is 12.1. The first-order valence-electron chi connectivity index (χ1n) is 6.36. The van der Waals surface area contributed by atoms with Crippen molar-refractivity contribution in [3.63, 3.8) is 0 Å². The summed E-state index contributed by atoms with van der Waals surface area (Å²) in [6.07, 6.45) is 0.260. The summed E-state index contributed by atoms with van der Waals surface area (Å²) in [7, 11) is 1.69. The summed E-state index contributed by atoms with van der Waals surface area (Å²) in [4.78, 5) is 35.2. The summed E-state index contributed by atoms with van der Waals surface area (Å²) in [5.74, 6) is -0.134. The third kappa shape index (κ3) is 3.33. The molecule has 1 amide bonds. The van der Waals surface area contributed by atoms with Crippen LogP contribution in [0.2, 0.25) is 0 Å². The Labute approximate surface area is 125 Å². The zero-order valence-electron chi connectivity index (χ0n) is 11.7. The topological polar surface area (TPSA) is 92.6 Å². The van der Waals surface area contributed by atoms with Gasteiger partial charge in [0.05, 0.1) is 16.3 Å². The normalized spacial score (nSPS) is 17.9. The number of benzene rings is 1. The van der Waals surface area contributed by atoms with E-state index < -0.39 is 4.92 Å². The van der Waals surface area contributed by atoms with Crippen LogP contribution in [0, 0.1) is 10.1 Å². The molecule has 21 heavy (non-hydrogen) atoms. The van der Waals surface area contributed by atoms with Crippen molar-refractivity contribution in [2.24, 2.45) is 0 Å². The van der Waals surface area contributed by atoms with Crippen LogP contribution in [0.25, 0.3) is 0 Å². The number of carbonyl (C=O) groups excluding carboxylic acids is 2. The van der Waals surface area contributed by atoms with Crippen molar-refractivity contribution in [1.82, 2.24) is 0 Å². The molecule has 1 aliphatic rings. The lowest BCUT2D eigenvalue weighted by atomic mass is 10.2. The maximum absolute atomic E-state index is 12.1. The van der Waals surface area contributed by atoms with Crippen LogP contribution in [-0.2, 0) is 9.59 Å². The van der Waals surface area contributed by atoms with Gasteiger partial charge in [-0.15, -0.1) is 0 Å². The molecule has 8 heteroatoms. The fourth-order valence-corrected chi connectivity index (χ4v) is 3.21. The number of anilines is 2. The molecule has 0 radical (unpaired) electrons. The van der Waals surface area contributed by atoms with Gasteiger partial charge in [0.25, 0.3) is 5.69 Å². The first-order chi connectivity index (χ1) is 9.92. The van der Waals surface area contributed by atoms with Crippen molar-refractivity contribution >= 4 is 39.8 Å². The SMILES string of the molecule is CNc1ccc([N+](=O)[O-])cc1N1CC(SC(C)=O)CC1=O. The van der Waals surface area contributed by atoms with Crippen molar-refractivity contribution < 1.29 is 14.5 Å². The first kappa shape index (κ1) is 15.3. The molecule has 1 fully saturated rings. The number of nitro groups is 1. The molecule has 2 rings (SSSR count). The van der Waals surface area contributed by atoms with Gasteiger partial charge >= 0.3 is 0 Å². The molecule has 1 aromatic rings. The molecule has 112 valence electrons. The van der Waals surface area contributed by atoms with Crippen LogP contribution < -0.4 is 10.2 Å². The van der Waals surface area contributed by atoms with E-state index in [9.17, 15) is 19.7 Å². The third-order valence-corrected chi connectivity index (χ3v) is 4.16.